The summed E-state index contributed by atoms with van der Waals surface area (Å²) in [7, 11) is 0. The van der Waals surface area contributed by atoms with Gasteiger partial charge in [0.1, 0.15) is 5.69 Å². The van der Waals surface area contributed by atoms with Gasteiger partial charge in [0, 0.05) is 11.3 Å². The number of hydrogen-bond donors (Lipinski definition) is 1. The second-order valence-corrected chi connectivity index (χ2v) is 8.41. The molecule has 1 N–H and O–H groups in total. The Balaban J connectivity index is 1.63. The van der Waals surface area contributed by atoms with E-state index in [1.807, 2.05) is 54.6 Å². The summed E-state index contributed by atoms with van der Waals surface area (Å²) in [6.07, 6.45) is 2.78. The molecular formula is C30H27N3O2. The number of carbonyl (C=O) groups is 1. The van der Waals surface area contributed by atoms with Gasteiger partial charge in [-0.1, -0.05) is 74.0 Å². The number of unbranched alkanes of at least 4 members (excludes halogenated alkanes) is 1. The number of carbonyl (C=O) groups excluding carboxylic acids is 1. The van der Waals surface area contributed by atoms with Gasteiger partial charge in [-0.15, -0.1) is 0 Å². The van der Waals surface area contributed by atoms with Crippen molar-refractivity contribution in [2.24, 2.45) is 0 Å². The number of benzene rings is 3. The highest BCUT2D eigenvalue weighted by Gasteiger charge is 2.13. The molecule has 0 aliphatic rings. The molecule has 1 amide bonds. The zero-order valence-electron chi connectivity index (χ0n) is 19.7. The third-order valence-corrected chi connectivity index (χ3v) is 5.99. The molecule has 0 fully saturated rings. The molecule has 3 aromatic carbocycles. The Bertz CT molecular complexity index is 1410. The third kappa shape index (κ3) is 5.56. The SMILES string of the molecule is CCCCc1ccc(NC(=O)c2ccccc2)c(=O)n1Cc1ccc(-c2ccccc2C#N)cc1. The first-order chi connectivity index (χ1) is 17.1. The molecule has 0 saturated carbocycles. The van der Waals surface area contributed by atoms with Gasteiger partial charge >= 0.3 is 0 Å². The smallest absolute Gasteiger partial charge is 0.274 e. The van der Waals surface area contributed by atoms with E-state index in [0.717, 1.165) is 41.6 Å². The maximum Gasteiger partial charge on any atom is 0.274 e. The van der Waals surface area contributed by atoms with Crippen molar-refractivity contribution in [3.8, 4) is 17.2 Å². The molecule has 5 nitrogen and oxygen atoms in total. The Hall–Kier alpha value is -4.43. The van der Waals surface area contributed by atoms with E-state index >= 15 is 0 Å². The lowest BCUT2D eigenvalue weighted by Gasteiger charge is -2.16. The number of nitrogens with one attached hydrogen (secondary N) is 1. The van der Waals surface area contributed by atoms with Crippen LogP contribution in [0.3, 0.4) is 0 Å². The van der Waals surface area contributed by atoms with E-state index in [0.29, 0.717) is 17.7 Å². The fourth-order valence-electron chi connectivity index (χ4n) is 4.05. The fraction of sp³-hybridized carbons (Fsp3) is 0.167. The zero-order chi connectivity index (χ0) is 24.6. The van der Waals surface area contributed by atoms with Crippen LogP contribution >= 0.6 is 0 Å². The lowest BCUT2D eigenvalue weighted by molar-refractivity contribution is 0.102. The van der Waals surface area contributed by atoms with Crippen molar-refractivity contribution in [3.63, 3.8) is 0 Å². The van der Waals surface area contributed by atoms with Crippen molar-refractivity contribution < 1.29 is 4.79 Å². The molecule has 0 bridgehead atoms. The lowest BCUT2D eigenvalue weighted by Crippen LogP contribution is -2.28. The fourth-order valence-corrected chi connectivity index (χ4v) is 4.05. The predicted octanol–water partition coefficient (Wildman–Crippen LogP) is 6.03. The van der Waals surface area contributed by atoms with E-state index < -0.39 is 0 Å². The first-order valence-electron chi connectivity index (χ1n) is 11.8. The number of nitrogens with zero attached hydrogens (tertiary/aromatic N) is 2. The first kappa shape index (κ1) is 23.7. The van der Waals surface area contributed by atoms with Crippen molar-refractivity contribution in [2.75, 3.05) is 5.32 Å². The molecule has 1 heterocycles. The van der Waals surface area contributed by atoms with Crippen molar-refractivity contribution in [3.05, 3.63) is 124 Å². The highest BCUT2D eigenvalue weighted by Crippen LogP contribution is 2.24. The van der Waals surface area contributed by atoms with Crippen molar-refractivity contribution in [1.82, 2.24) is 4.57 Å². The first-order valence-corrected chi connectivity index (χ1v) is 11.8. The summed E-state index contributed by atoms with van der Waals surface area (Å²) in [4.78, 5) is 26.0. The van der Waals surface area contributed by atoms with Gasteiger partial charge in [0.25, 0.3) is 11.5 Å². The molecule has 0 atom stereocenters. The molecule has 35 heavy (non-hydrogen) atoms. The van der Waals surface area contributed by atoms with Crippen LogP contribution < -0.4 is 10.9 Å². The second-order valence-electron chi connectivity index (χ2n) is 8.41. The van der Waals surface area contributed by atoms with Crippen molar-refractivity contribution in [1.29, 1.82) is 5.26 Å². The van der Waals surface area contributed by atoms with E-state index in [-0.39, 0.29) is 17.2 Å². The monoisotopic (exact) mass is 461 g/mol. The Morgan fingerprint density at radius 2 is 1.63 bits per heavy atom. The van der Waals surface area contributed by atoms with Gasteiger partial charge in [-0.05, 0) is 59.9 Å². The number of pyridine rings is 1. The Morgan fingerprint density at radius 1 is 0.914 bits per heavy atom. The average Bonchev–Trinajstić information content (AvgIpc) is 2.91. The molecule has 0 saturated heterocycles. The third-order valence-electron chi connectivity index (χ3n) is 5.99. The summed E-state index contributed by atoms with van der Waals surface area (Å²) >= 11 is 0. The van der Waals surface area contributed by atoms with Crippen LogP contribution in [0.25, 0.3) is 11.1 Å². The van der Waals surface area contributed by atoms with Crippen LogP contribution in [0.5, 0.6) is 0 Å². The summed E-state index contributed by atoms with van der Waals surface area (Å²) < 4.78 is 1.74. The number of amides is 1. The standard InChI is InChI=1S/C30H27N3O2/c1-2-3-12-26-18-19-28(32-29(34)24-9-5-4-6-10-24)30(35)33(26)21-22-14-16-23(17-15-22)27-13-8-7-11-25(27)20-31/h4-11,13-19H,2-3,12,21H2,1H3,(H,32,34). The quantitative estimate of drug-likeness (QED) is 0.348. The molecule has 0 aliphatic heterocycles. The molecule has 0 radical (unpaired) electrons. The maximum absolute atomic E-state index is 13.4. The number of nitriles is 1. The van der Waals surface area contributed by atoms with E-state index in [9.17, 15) is 14.9 Å². The molecule has 5 heteroatoms. The lowest BCUT2D eigenvalue weighted by atomic mass is 9.99. The number of aromatic nitrogens is 1. The van der Waals surface area contributed by atoms with Crippen LogP contribution in [0, 0.1) is 11.3 Å². The Labute approximate surface area is 205 Å². The molecule has 0 unspecified atom stereocenters. The molecule has 0 aliphatic carbocycles. The minimum atomic E-state index is -0.309. The number of rotatable bonds is 8. The summed E-state index contributed by atoms with van der Waals surface area (Å²) in [5.74, 6) is -0.309. The number of aryl methyl sites for hydroxylation is 1. The molecule has 4 rings (SSSR count). The maximum atomic E-state index is 13.4. The van der Waals surface area contributed by atoms with Gasteiger partial charge in [-0.2, -0.15) is 5.26 Å². The average molecular weight is 462 g/mol. The van der Waals surface area contributed by atoms with Gasteiger partial charge in [-0.3, -0.25) is 9.59 Å². The van der Waals surface area contributed by atoms with Crippen molar-refractivity contribution >= 4 is 11.6 Å². The van der Waals surface area contributed by atoms with Crippen LogP contribution in [-0.4, -0.2) is 10.5 Å². The largest absolute Gasteiger partial charge is 0.317 e. The summed E-state index contributed by atoms with van der Waals surface area (Å²) in [6.45, 7) is 2.52. The van der Waals surface area contributed by atoms with E-state index in [2.05, 4.69) is 18.3 Å². The Kier molecular flexibility index (Phi) is 7.54. The van der Waals surface area contributed by atoms with E-state index in [4.69, 9.17) is 0 Å². The minimum Gasteiger partial charge on any atom is -0.317 e. The normalized spacial score (nSPS) is 10.5. The summed E-state index contributed by atoms with van der Waals surface area (Å²) in [5.41, 5.74) is 4.91. The molecule has 174 valence electrons. The van der Waals surface area contributed by atoms with Gasteiger partial charge < -0.3 is 9.88 Å². The molecule has 4 aromatic rings. The number of hydrogen-bond acceptors (Lipinski definition) is 3. The second kappa shape index (κ2) is 11.1. The van der Waals surface area contributed by atoms with E-state index in [1.54, 1.807) is 41.0 Å². The predicted molar refractivity (Wildman–Crippen MR) is 139 cm³/mol. The zero-order valence-corrected chi connectivity index (χ0v) is 19.7. The van der Waals surface area contributed by atoms with Gasteiger partial charge in [0.05, 0.1) is 18.2 Å². The van der Waals surface area contributed by atoms with Gasteiger partial charge in [-0.25, -0.2) is 0 Å². The van der Waals surface area contributed by atoms with E-state index in [1.165, 1.54) is 0 Å². The summed E-state index contributed by atoms with van der Waals surface area (Å²) in [5, 5.41) is 12.2. The topological polar surface area (TPSA) is 74.9 Å². The summed E-state index contributed by atoms with van der Waals surface area (Å²) in [6, 6.07) is 30.1. The van der Waals surface area contributed by atoms with Crippen LogP contribution in [0.4, 0.5) is 5.69 Å². The molecule has 1 aromatic heterocycles. The molecular weight excluding hydrogens is 434 g/mol. The number of anilines is 1. The van der Waals surface area contributed by atoms with Crippen LogP contribution in [0.15, 0.2) is 95.8 Å². The highest BCUT2D eigenvalue weighted by molar-refractivity contribution is 6.04. The highest BCUT2D eigenvalue weighted by atomic mass is 16.2. The van der Waals surface area contributed by atoms with Gasteiger partial charge in [0.15, 0.2) is 0 Å². The van der Waals surface area contributed by atoms with Gasteiger partial charge in [0.2, 0.25) is 0 Å². The van der Waals surface area contributed by atoms with Crippen LogP contribution in [0.1, 0.15) is 46.9 Å². The minimum absolute atomic E-state index is 0.221. The molecule has 0 spiro atoms. The van der Waals surface area contributed by atoms with Crippen LogP contribution in [-0.2, 0) is 13.0 Å². The Morgan fingerprint density at radius 3 is 2.34 bits per heavy atom. The van der Waals surface area contributed by atoms with Crippen LogP contribution in [0.2, 0.25) is 0 Å². The van der Waals surface area contributed by atoms with Crippen molar-refractivity contribution in [2.45, 2.75) is 32.7 Å².